The molecule has 1 fully saturated rings. The van der Waals surface area contributed by atoms with Crippen molar-refractivity contribution in [2.75, 3.05) is 39.8 Å². The minimum Gasteiger partial charge on any atom is -0.497 e. The molecule has 170 valence electrons. The minimum atomic E-state index is -0.142. The molecular formula is C25H27N5O3. The van der Waals surface area contributed by atoms with Crippen LogP contribution in [0.1, 0.15) is 22.8 Å². The van der Waals surface area contributed by atoms with E-state index in [1.54, 1.807) is 28.5 Å². The number of benzene rings is 2. The number of piperazine rings is 1. The number of methoxy groups -OCH3 is 1. The first kappa shape index (κ1) is 21.2. The number of aromatic nitrogens is 3. The Bertz CT molecular complexity index is 1360. The number of carbonyl (C=O) groups excluding carboxylic acids is 1. The third-order valence-corrected chi connectivity index (χ3v) is 6.45. The summed E-state index contributed by atoms with van der Waals surface area (Å²) in [6.45, 7) is 6.70. The van der Waals surface area contributed by atoms with Crippen LogP contribution in [0.5, 0.6) is 5.75 Å². The molecule has 0 aliphatic carbocycles. The molecule has 2 aromatic carbocycles. The van der Waals surface area contributed by atoms with Gasteiger partial charge in [-0.25, -0.2) is 4.52 Å². The van der Waals surface area contributed by atoms with Gasteiger partial charge in [0.05, 0.1) is 30.9 Å². The number of likely N-dealkylation sites (N-methyl/N-ethyl adjacent to an activating group) is 1. The smallest absolute Gasteiger partial charge is 0.277 e. The molecule has 3 heterocycles. The molecule has 5 rings (SSSR count). The largest absolute Gasteiger partial charge is 0.497 e. The van der Waals surface area contributed by atoms with Gasteiger partial charge in [-0.1, -0.05) is 19.1 Å². The van der Waals surface area contributed by atoms with Gasteiger partial charge in [0.1, 0.15) is 11.3 Å². The molecule has 0 radical (unpaired) electrons. The van der Waals surface area contributed by atoms with Crippen molar-refractivity contribution >= 4 is 22.5 Å². The maximum absolute atomic E-state index is 13.4. The van der Waals surface area contributed by atoms with Crippen molar-refractivity contribution in [3.63, 3.8) is 0 Å². The first-order valence-corrected chi connectivity index (χ1v) is 11.2. The van der Waals surface area contributed by atoms with Gasteiger partial charge in [0, 0.05) is 31.7 Å². The van der Waals surface area contributed by atoms with Crippen LogP contribution in [0, 0.1) is 0 Å². The summed E-state index contributed by atoms with van der Waals surface area (Å²) in [5.74, 6) is 0.759. The molecule has 0 spiro atoms. The standard InChI is InChI=1S/C25H27N5O3/c1-3-27-12-14-28(15-13-27)24(31)19-6-9-21-23(16-19)29(25(32)22-10-11-26-30(21)22)17-18-4-7-20(33-2)8-5-18/h4-11,16H,3,12-15,17H2,1-2H3. The zero-order valence-corrected chi connectivity index (χ0v) is 18.9. The fourth-order valence-electron chi connectivity index (χ4n) is 4.48. The quantitative estimate of drug-likeness (QED) is 0.472. The Morgan fingerprint density at radius 1 is 0.970 bits per heavy atom. The van der Waals surface area contributed by atoms with E-state index in [4.69, 9.17) is 4.74 Å². The Kier molecular flexibility index (Phi) is 5.60. The summed E-state index contributed by atoms with van der Waals surface area (Å²) in [7, 11) is 1.63. The van der Waals surface area contributed by atoms with Gasteiger partial charge in [0.2, 0.25) is 0 Å². The summed E-state index contributed by atoms with van der Waals surface area (Å²) >= 11 is 0. The van der Waals surface area contributed by atoms with Crippen LogP contribution in [-0.4, -0.2) is 69.7 Å². The number of rotatable bonds is 5. The molecule has 1 aliphatic rings. The van der Waals surface area contributed by atoms with Gasteiger partial charge in [-0.2, -0.15) is 5.10 Å². The highest BCUT2D eigenvalue weighted by atomic mass is 16.5. The lowest BCUT2D eigenvalue weighted by molar-refractivity contribution is 0.0643. The van der Waals surface area contributed by atoms with Crippen LogP contribution in [0.15, 0.2) is 59.5 Å². The second-order valence-electron chi connectivity index (χ2n) is 8.30. The molecule has 4 aromatic rings. The lowest BCUT2D eigenvalue weighted by Gasteiger charge is -2.34. The SMILES string of the molecule is CCN1CCN(C(=O)c2ccc3c(c2)n(Cc2ccc(OC)cc2)c(=O)c2ccnn23)CC1. The zero-order chi connectivity index (χ0) is 22.9. The first-order chi connectivity index (χ1) is 16.1. The predicted molar refractivity (Wildman–Crippen MR) is 127 cm³/mol. The van der Waals surface area contributed by atoms with Crippen molar-refractivity contribution in [2.45, 2.75) is 13.5 Å². The topological polar surface area (TPSA) is 72.1 Å². The zero-order valence-electron chi connectivity index (χ0n) is 18.9. The Balaban J connectivity index is 1.57. The van der Waals surface area contributed by atoms with E-state index in [-0.39, 0.29) is 11.5 Å². The van der Waals surface area contributed by atoms with Gasteiger partial charge in [0.25, 0.3) is 11.5 Å². The van der Waals surface area contributed by atoms with Crippen molar-refractivity contribution in [2.24, 2.45) is 0 Å². The van der Waals surface area contributed by atoms with Crippen molar-refractivity contribution in [3.8, 4) is 5.75 Å². The van der Waals surface area contributed by atoms with Gasteiger partial charge in [0.15, 0.2) is 0 Å². The van der Waals surface area contributed by atoms with Crippen LogP contribution in [0.25, 0.3) is 16.6 Å². The number of fused-ring (bicyclic) bond motifs is 3. The third-order valence-electron chi connectivity index (χ3n) is 6.45. The van der Waals surface area contributed by atoms with Gasteiger partial charge in [-0.05, 0) is 48.5 Å². The summed E-state index contributed by atoms with van der Waals surface area (Å²) in [6.07, 6.45) is 1.63. The number of hydrogen-bond donors (Lipinski definition) is 0. The number of amides is 1. The van der Waals surface area contributed by atoms with E-state index in [9.17, 15) is 9.59 Å². The average molecular weight is 446 g/mol. The highest BCUT2D eigenvalue weighted by molar-refractivity contribution is 5.97. The molecule has 1 saturated heterocycles. The summed E-state index contributed by atoms with van der Waals surface area (Å²) in [5.41, 5.74) is 3.39. The summed E-state index contributed by atoms with van der Waals surface area (Å²) in [4.78, 5) is 30.9. The maximum atomic E-state index is 13.4. The van der Waals surface area contributed by atoms with Crippen LogP contribution in [0.3, 0.4) is 0 Å². The van der Waals surface area contributed by atoms with Crippen molar-refractivity contribution in [1.29, 1.82) is 0 Å². The Labute approximate surface area is 191 Å². The van der Waals surface area contributed by atoms with E-state index in [0.717, 1.165) is 36.5 Å². The van der Waals surface area contributed by atoms with Crippen LogP contribution >= 0.6 is 0 Å². The number of carbonyl (C=O) groups is 1. The van der Waals surface area contributed by atoms with Crippen molar-refractivity contribution < 1.29 is 9.53 Å². The molecule has 2 aromatic heterocycles. The molecule has 33 heavy (non-hydrogen) atoms. The van der Waals surface area contributed by atoms with E-state index in [1.165, 1.54) is 0 Å². The first-order valence-electron chi connectivity index (χ1n) is 11.2. The van der Waals surface area contributed by atoms with E-state index < -0.39 is 0 Å². The molecule has 0 unspecified atom stereocenters. The van der Waals surface area contributed by atoms with Crippen LogP contribution in [0.4, 0.5) is 0 Å². The average Bonchev–Trinajstić information content (AvgIpc) is 3.37. The fraction of sp³-hybridized carbons (Fsp3) is 0.320. The second-order valence-corrected chi connectivity index (χ2v) is 8.30. The van der Waals surface area contributed by atoms with Crippen molar-refractivity contribution in [1.82, 2.24) is 24.0 Å². The van der Waals surface area contributed by atoms with E-state index in [0.29, 0.717) is 36.2 Å². The van der Waals surface area contributed by atoms with Crippen LogP contribution in [0.2, 0.25) is 0 Å². The molecule has 1 aliphatic heterocycles. The Morgan fingerprint density at radius 2 is 1.73 bits per heavy atom. The summed E-state index contributed by atoms with van der Waals surface area (Å²) in [5, 5.41) is 4.35. The fourth-order valence-corrected chi connectivity index (χ4v) is 4.48. The van der Waals surface area contributed by atoms with Crippen LogP contribution < -0.4 is 10.3 Å². The van der Waals surface area contributed by atoms with Gasteiger partial charge in [-0.3, -0.25) is 9.59 Å². The van der Waals surface area contributed by atoms with E-state index >= 15 is 0 Å². The Hall–Kier alpha value is -3.65. The lowest BCUT2D eigenvalue weighted by Crippen LogP contribution is -2.48. The molecule has 1 amide bonds. The normalized spacial score (nSPS) is 14.8. The van der Waals surface area contributed by atoms with E-state index in [1.807, 2.05) is 47.4 Å². The third kappa shape index (κ3) is 3.87. The second kappa shape index (κ2) is 8.71. The van der Waals surface area contributed by atoms with Crippen LogP contribution in [-0.2, 0) is 6.54 Å². The molecule has 8 nitrogen and oxygen atoms in total. The summed E-state index contributed by atoms with van der Waals surface area (Å²) < 4.78 is 8.62. The van der Waals surface area contributed by atoms with Crippen molar-refractivity contribution in [3.05, 3.63) is 76.2 Å². The number of hydrogen-bond acceptors (Lipinski definition) is 5. The highest BCUT2D eigenvalue weighted by Gasteiger charge is 2.22. The maximum Gasteiger partial charge on any atom is 0.277 e. The molecule has 8 heteroatoms. The summed E-state index contributed by atoms with van der Waals surface area (Å²) in [6, 6.07) is 14.9. The lowest BCUT2D eigenvalue weighted by atomic mass is 10.1. The van der Waals surface area contributed by atoms with Gasteiger partial charge in [-0.15, -0.1) is 0 Å². The molecule has 0 N–H and O–H groups in total. The minimum absolute atomic E-state index is 0.00309. The molecule has 0 saturated carbocycles. The van der Waals surface area contributed by atoms with E-state index in [2.05, 4.69) is 16.9 Å². The van der Waals surface area contributed by atoms with Gasteiger partial charge >= 0.3 is 0 Å². The number of nitrogens with zero attached hydrogens (tertiary/aromatic N) is 5. The molecular weight excluding hydrogens is 418 g/mol. The van der Waals surface area contributed by atoms with Gasteiger partial charge < -0.3 is 19.1 Å². The monoisotopic (exact) mass is 445 g/mol. The molecule has 0 atom stereocenters. The highest BCUT2D eigenvalue weighted by Crippen LogP contribution is 2.20. The molecule has 0 bridgehead atoms. The Morgan fingerprint density at radius 3 is 2.42 bits per heavy atom. The number of ether oxygens (including phenoxy) is 1. The predicted octanol–water partition coefficient (Wildman–Crippen LogP) is 2.48.